The molecule has 0 aliphatic heterocycles. The quantitative estimate of drug-likeness (QED) is 0.921. The number of carbonyl (C=O) groups is 1. The molecule has 0 aliphatic carbocycles. The maximum atomic E-state index is 10.9. The van der Waals surface area contributed by atoms with Crippen molar-refractivity contribution in [3.8, 4) is 0 Å². The van der Waals surface area contributed by atoms with Gasteiger partial charge < -0.3 is 5.11 Å². The number of thiazole rings is 1. The van der Waals surface area contributed by atoms with Crippen LogP contribution in [0.3, 0.4) is 0 Å². The predicted octanol–water partition coefficient (Wildman–Crippen LogP) is 3.36. The highest BCUT2D eigenvalue weighted by molar-refractivity contribution is 7.11. The van der Waals surface area contributed by atoms with E-state index in [2.05, 4.69) is 37.0 Å². The van der Waals surface area contributed by atoms with Gasteiger partial charge in [-0.15, -0.1) is 11.3 Å². The lowest BCUT2D eigenvalue weighted by Crippen LogP contribution is -1.99. The number of aromatic carboxylic acids is 1. The van der Waals surface area contributed by atoms with Crippen LogP contribution in [0, 0.1) is 20.8 Å². The summed E-state index contributed by atoms with van der Waals surface area (Å²) < 4.78 is 0. The smallest absolute Gasteiger partial charge is 0.355 e. The van der Waals surface area contributed by atoms with Gasteiger partial charge in [0, 0.05) is 11.3 Å². The minimum absolute atomic E-state index is 0.179. The van der Waals surface area contributed by atoms with Crippen molar-refractivity contribution in [2.45, 2.75) is 27.2 Å². The summed E-state index contributed by atoms with van der Waals surface area (Å²) >= 11 is 1.46. The van der Waals surface area contributed by atoms with Crippen molar-refractivity contribution in [3.63, 3.8) is 0 Å². The van der Waals surface area contributed by atoms with Crippen LogP contribution in [0.1, 0.15) is 37.1 Å². The fourth-order valence-corrected chi connectivity index (χ4v) is 2.77. The Morgan fingerprint density at radius 3 is 2.56 bits per heavy atom. The highest BCUT2D eigenvalue weighted by Gasteiger charge is 2.14. The Bertz CT molecular complexity index is 602. The van der Waals surface area contributed by atoms with Crippen LogP contribution in [0.15, 0.2) is 18.2 Å². The number of rotatable bonds is 3. The zero-order valence-corrected chi connectivity index (χ0v) is 11.5. The minimum atomic E-state index is -0.949. The fourth-order valence-electron chi connectivity index (χ4n) is 1.81. The molecule has 0 radical (unpaired) electrons. The molecule has 18 heavy (non-hydrogen) atoms. The molecule has 2 rings (SSSR count). The molecule has 1 heterocycles. The van der Waals surface area contributed by atoms with Gasteiger partial charge in [0.15, 0.2) is 5.69 Å². The van der Waals surface area contributed by atoms with E-state index in [-0.39, 0.29) is 5.69 Å². The van der Waals surface area contributed by atoms with Crippen LogP contribution in [-0.2, 0) is 6.42 Å². The Morgan fingerprint density at radius 1 is 1.28 bits per heavy atom. The van der Waals surface area contributed by atoms with Gasteiger partial charge in [0.2, 0.25) is 0 Å². The minimum Gasteiger partial charge on any atom is -0.476 e. The monoisotopic (exact) mass is 261 g/mol. The van der Waals surface area contributed by atoms with E-state index in [1.54, 1.807) is 6.92 Å². The van der Waals surface area contributed by atoms with Gasteiger partial charge in [-0.2, -0.15) is 0 Å². The Labute approximate surface area is 110 Å². The Kier molecular flexibility index (Phi) is 3.48. The van der Waals surface area contributed by atoms with Crippen LogP contribution >= 0.6 is 11.3 Å². The second-order valence-corrected chi connectivity index (χ2v) is 5.70. The number of hydrogen-bond donors (Lipinski definition) is 1. The van der Waals surface area contributed by atoms with Gasteiger partial charge in [0.25, 0.3) is 0 Å². The van der Waals surface area contributed by atoms with Crippen molar-refractivity contribution in [2.24, 2.45) is 0 Å². The van der Waals surface area contributed by atoms with E-state index in [9.17, 15) is 4.79 Å². The fraction of sp³-hybridized carbons (Fsp3) is 0.286. The second kappa shape index (κ2) is 4.90. The van der Waals surface area contributed by atoms with E-state index in [1.807, 2.05) is 0 Å². The van der Waals surface area contributed by atoms with Crippen LogP contribution in [0.2, 0.25) is 0 Å². The molecule has 1 aromatic carbocycles. The van der Waals surface area contributed by atoms with Gasteiger partial charge in [-0.05, 0) is 37.5 Å². The van der Waals surface area contributed by atoms with Crippen LogP contribution in [0.5, 0.6) is 0 Å². The molecule has 0 bridgehead atoms. The molecule has 0 fully saturated rings. The van der Waals surface area contributed by atoms with E-state index in [0.29, 0.717) is 6.42 Å². The van der Waals surface area contributed by atoms with Crippen molar-refractivity contribution in [1.29, 1.82) is 0 Å². The lowest BCUT2D eigenvalue weighted by Gasteiger charge is -2.03. The predicted molar refractivity (Wildman–Crippen MR) is 72.5 cm³/mol. The van der Waals surface area contributed by atoms with Gasteiger partial charge in [-0.1, -0.05) is 18.2 Å². The summed E-state index contributed by atoms with van der Waals surface area (Å²) in [5, 5.41) is 9.82. The summed E-state index contributed by atoms with van der Waals surface area (Å²) in [5.41, 5.74) is 3.86. The topological polar surface area (TPSA) is 50.2 Å². The summed E-state index contributed by atoms with van der Waals surface area (Å²) in [4.78, 5) is 15.9. The molecule has 0 saturated heterocycles. The van der Waals surface area contributed by atoms with Crippen molar-refractivity contribution >= 4 is 17.3 Å². The molecule has 0 atom stereocenters. The largest absolute Gasteiger partial charge is 0.476 e. The highest BCUT2D eigenvalue weighted by atomic mass is 32.1. The number of aryl methyl sites for hydroxylation is 3. The van der Waals surface area contributed by atoms with Crippen LogP contribution in [0.25, 0.3) is 0 Å². The third-order valence-corrected chi connectivity index (χ3v) is 3.94. The molecular formula is C14H15NO2S. The number of benzene rings is 1. The van der Waals surface area contributed by atoms with Crippen molar-refractivity contribution in [2.75, 3.05) is 0 Å². The second-order valence-electron chi connectivity index (χ2n) is 4.41. The van der Waals surface area contributed by atoms with Gasteiger partial charge >= 0.3 is 5.97 Å². The first kappa shape index (κ1) is 12.8. The number of hydrogen-bond acceptors (Lipinski definition) is 3. The first-order valence-corrected chi connectivity index (χ1v) is 6.54. The molecule has 94 valence electrons. The molecule has 1 N–H and O–H groups in total. The summed E-state index contributed by atoms with van der Waals surface area (Å²) in [6.07, 6.45) is 0.694. The van der Waals surface area contributed by atoms with Gasteiger partial charge in [-0.25, -0.2) is 9.78 Å². The lowest BCUT2D eigenvalue weighted by atomic mass is 10.0. The third-order valence-electron chi connectivity index (χ3n) is 2.97. The number of carboxylic acids is 1. The van der Waals surface area contributed by atoms with Gasteiger partial charge in [-0.3, -0.25) is 0 Å². The Hall–Kier alpha value is -1.68. The molecule has 3 nitrogen and oxygen atoms in total. The molecule has 1 aromatic heterocycles. The SMILES string of the molecule is Cc1ccc(Cc2nc(C(=O)O)c(C)s2)cc1C. The van der Waals surface area contributed by atoms with E-state index in [1.165, 1.54) is 28.0 Å². The standard InChI is InChI=1S/C14H15NO2S/c1-8-4-5-11(6-9(8)2)7-12-15-13(14(16)17)10(3)18-12/h4-6H,7H2,1-3H3,(H,16,17). The summed E-state index contributed by atoms with van der Waals surface area (Å²) in [6, 6.07) is 6.29. The Balaban J connectivity index is 2.26. The van der Waals surface area contributed by atoms with Crippen molar-refractivity contribution in [1.82, 2.24) is 4.98 Å². The van der Waals surface area contributed by atoms with Crippen molar-refractivity contribution in [3.05, 3.63) is 50.5 Å². The molecule has 0 aliphatic rings. The van der Waals surface area contributed by atoms with Crippen LogP contribution < -0.4 is 0 Å². The number of carboxylic acid groups (broad SMARTS) is 1. The maximum absolute atomic E-state index is 10.9. The summed E-state index contributed by atoms with van der Waals surface area (Å²) in [7, 11) is 0. The summed E-state index contributed by atoms with van der Waals surface area (Å²) in [6.45, 7) is 5.95. The number of aromatic nitrogens is 1. The van der Waals surface area contributed by atoms with E-state index in [0.717, 1.165) is 9.88 Å². The third kappa shape index (κ3) is 2.59. The van der Waals surface area contributed by atoms with E-state index in [4.69, 9.17) is 5.11 Å². The zero-order valence-electron chi connectivity index (χ0n) is 10.7. The molecule has 0 amide bonds. The molecule has 2 aromatic rings. The average Bonchev–Trinajstić information content (AvgIpc) is 2.65. The average molecular weight is 261 g/mol. The first-order valence-electron chi connectivity index (χ1n) is 5.73. The normalized spacial score (nSPS) is 10.6. The molecular weight excluding hydrogens is 246 g/mol. The lowest BCUT2D eigenvalue weighted by molar-refractivity contribution is 0.0690. The molecule has 0 spiro atoms. The van der Waals surface area contributed by atoms with Crippen molar-refractivity contribution < 1.29 is 9.90 Å². The highest BCUT2D eigenvalue weighted by Crippen LogP contribution is 2.21. The van der Waals surface area contributed by atoms with Crippen LogP contribution in [0.4, 0.5) is 0 Å². The Morgan fingerprint density at radius 2 is 2.00 bits per heavy atom. The first-order chi connectivity index (χ1) is 8.47. The zero-order chi connectivity index (χ0) is 13.3. The molecule has 0 unspecified atom stereocenters. The van der Waals surface area contributed by atoms with E-state index >= 15 is 0 Å². The summed E-state index contributed by atoms with van der Waals surface area (Å²) in [5.74, 6) is -0.949. The molecule has 0 saturated carbocycles. The maximum Gasteiger partial charge on any atom is 0.355 e. The van der Waals surface area contributed by atoms with Gasteiger partial charge in [0.1, 0.15) is 0 Å². The molecule has 4 heteroatoms. The van der Waals surface area contributed by atoms with E-state index < -0.39 is 5.97 Å². The van der Waals surface area contributed by atoms with Crippen LogP contribution in [-0.4, -0.2) is 16.1 Å². The number of nitrogens with zero attached hydrogens (tertiary/aromatic N) is 1. The van der Waals surface area contributed by atoms with Gasteiger partial charge in [0.05, 0.1) is 5.01 Å².